The molecule has 0 N–H and O–H groups in total. The summed E-state index contributed by atoms with van der Waals surface area (Å²) in [5, 5.41) is 9.64. The van der Waals surface area contributed by atoms with Crippen LogP contribution >= 0.6 is 0 Å². The van der Waals surface area contributed by atoms with Crippen LogP contribution in [0.25, 0.3) is 87.6 Å². The lowest BCUT2D eigenvalue weighted by atomic mass is 9.66. The molecular formula is C55H34O. The Balaban J connectivity index is 1.23. The Labute approximate surface area is 324 Å². The summed E-state index contributed by atoms with van der Waals surface area (Å²) >= 11 is 0. The van der Waals surface area contributed by atoms with Crippen molar-refractivity contribution in [1.29, 1.82) is 0 Å². The van der Waals surface area contributed by atoms with Gasteiger partial charge in [0.05, 0.1) is 5.41 Å². The maximum absolute atomic E-state index is 6.57. The van der Waals surface area contributed by atoms with Gasteiger partial charge in [-0.25, -0.2) is 0 Å². The predicted molar refractivity (Wildman–Crippen MR) is 234 cm³/mol. The Morgan fingerprint density at radius 1 is 0.339 bits per heavy atom. The van der Waals surface area contributed by atoms with Crippen molar-refractivity contribution in [1.82, 2.24) is 0 Å². The van der Waals surface area contributed by atoms with Gasteiger partial charge in [-0.1, -0.05) is 170 Å². The Hall–Kier alpha value is -7.22. The molecule has 260 valence electrons. The summed E-state index contributed by atoms with van der Waals surface area (Å²) in [6.45, 7) is 0. The zero-order chi connectivity index (χ0) is 36.8. The molecule has 0 unspecified atom stereocenters. The van der Waals surface area contributed by atoms with Gasteiger partial charge < -0.3 is 4.42 Å². The second-order valence-electron chi connectivity index (χ2n) is 15.2. The van der Waals surface area contributed by atoms with E-state index >= 15 is 0 Å². The molecule has 1 aliphatic rings. The van der Waals surface area contributed by atoms with Crippen molar-refractivity contribution in [3.63, 3.8) is 0 Å². The fraction of sp³-hybridized carbons (Fsp3) is 0.0182. The van der Waals surface area contributed by atoms with Crippen LogP contribution in [0.4, 0.5) is 0 Å². The molecule has 11 aromatic rings. The highest BCUT2D eigenvalue weighted by molar-refractivity contribution is 6.16. The fourth-order valence-corrected chi connectivity index (χ4v) is 9.87. The summed E-state index contributed by atoms with van der Waals surface area (Å²) in [4.78, 5) is 0. The first-order chi connectivity index (χ1) is 27.8. The summed E-state index contributed by atoms with van der Waals surface area (Å²) in [6, 6.07) is 76.1. The Kier molecular flexibility index (Phi) is 6.62. The minimum absolute atomic E-state index is 0.564. The van der Waals surface area contributed by atoms with Crippen LogP contribution in [-0.2, 0) is 5.41 Å². The molecule has 0 amide bonds. The van der Waals surface area contributed by atoms with Gasteiger partial charge in [0.15, 0.2) is 0 Å². The zero-order valence-electron chi connectivity index (χ0n) is 30.5. The third kappa shape index (κ3) is 4.37. The molecule has 0 aliphatic heterocycles. The van der Waals surface area contributed by atoms with E-state index in [1.54, 1.807) is 0 Å². The maximum atomic E-state index is 6.57. The van der Waals surface area contributed by atoms with Crippen molar-refractivity contribution in [2.24, 2.45) is 0 Å². The van der Waals surface area contributed by atoms with Crippen molar-refractivity contribution in [2.75, 3.05) is 0 Å². The molecule has 1 aromatic heterocycles. The van der Waals surface area contributed by atoms with Gasteiger partial charge in [-0.3, -0.25) is 0 Å². The van der Waals surface area contributed by atoms with Gasteiger partial charge >= 0.3 is 0 Å². The molecule has 0 saturated heterocycles. The number of rotatable bonds is 4. The van der Waals surface area contributed by atoms with Crippen molar-refractivity contribution >= 4 is 54.3 Å². The highest BCUT2D eigenvalue weighted by Crippen LogP contribution is 2.60. The molecule has 1 nitrogen and oxygen atoms in total. The van der Waals surface area contributed by atoms with Crippen molar-refractivity contribution in [3.05, 3.63) is 229 Å². The largest absolute Gasteiger partial charge is 0.456 e. The minimum Gasteiger partial charge on any atom is -0.456 e. The Morgan fingerprint density at radius 2 is 0.929 bits per heavy atom. The third-order valence-electron chi connectivity index (χ3n) is 12.3. The number of furan rings is 1. The smallest absolute Gasteiger partial charge is 0.136 e. The molecule has 10 aromatic carbocycles. The lowest BCUT2D eigenvalue weighted by molar-refractivity contribution is 0.669. The molecule has 1 heteroatoms. The normalized spacial score (nSPS) is 13.1. The number of hydrogen-bond acceptors (Lipinski definition) is 1. The minimum atomic E-state index is -0.564. The third-order valence-corrected chi connectivity index (χ3v) is 12.3. The number of fused-ring (bicyclic) bond motifs is 10. The molecule has 0 radical (unpaired) electrons. The van der Waals surface area contributed by atoms with E-state index in [0.29, 0.717) is 0 Å². The monoisotopic (exact) mass is 710 g/mol. The van der Waals surface area contributed by atoms with Gasteiger partial charge in [0.25, 0.3) is 0 Å². The molecule has 12 rings (SSSR count). The first kappa shape index (κ1) is 31.2. The van der Waals surface area contributed by atoms with Gasteiger partial charge in [-0.05, 0) is 124 Å². The quantitative estimate of drug-likeness (QED) is 0.177. The van der Waals surface area contributed by atoms with E-state index in [9.17, 15) is 0 Å². The summed E-state index contributed by atoms with van der Waals surface area (Å²) in [5.74, 6) is 0. The van der Waals surface area contributed by atoms with Crippen LogP contribution in [0.3, 0.4) is 0 Å². The van der Waals surface area contributed by atoms with Gasteiger partial charge in [-0.15, -0.1) is 0 Å². The van der Waals surface area contributed by atoms with Crippen LogP contribution in [0, 0.1) is 0 Å². The van der Waals surface area contributed by atoms with E-state index in [4.69, 9.17) is 4.42 Å². The number of hydrogen-bond donors (Lipinski definition) is 0. The molecule has 1 aliphatic carbocycles. The van der Waals surface area contributed by atoms with Crippen molar-refractivity contribution in [2.45, 2.75) is 5.41 Å². The SMILES string of the molecule is c1ccc(C2(c3ccccc3)c3ccccc3-c3c(-c4ccc5ccccc5c4)cc4ccc(-c5cccc6oc7cc8ccccc8cc7c56)cc4c32)cc1. The first-order valence-electron chi connectivity index (χ1n) is 19.4. The second kappa shape index (κ2) is 11.9. The van der Waals surface area contributed by atoms with Crippen LogP contribution in [0.1, 0.15) is 22.3 Å². The highest BCUT2D eigenvalue weighted by Gasteiger charge is 2.48. The van der Waals surface area contributed by atoms with Crippen LogP contribution in [0.5, 0.6) is 0 Å². The van der Waals surface area contributed by atoms with E-state index in [0.717, 1.165) is 21.9 Å². The lowest BCUT2D eigenvalue weighted by Crippen LogP contribution is -2.28. The standard InChI is InChI=1S/C55H34O/c1-3-18-42(19-4-1)55(43-20-5-2-6-21-43)49-24-12-11-22-45(49)53-46(39-27-26-35-14-7-8-15-36(35)30-39)32-41-29-28-40(33-47(41)54(53)55)44-23-13-25-50-52(44)48-31-37-16-9-10-17-38(37)34-51(48)56-50/h1-34H. The van der Waals surface area contributed by atoms with Crippen LogP contribution in [-0.4, -0.2) is 0 Å². The number of benzene rings is 10. The van der Waals surface area contributed by atoms with Crippen LogP contribution in [0.15, 0.2) is 211 Å². The summed E-state index contributed by atoms with van der Waals surface area (Å²) < 4.78 is 6.57. The van der Waals surface area contributed by atoms with Crippen LogP contribution < -0.4 is 0 Å². The Morgan fingerprint density at radius 3 is 1.68 bits per heavy atom. The van der Waals surface area contributed by atoms with Gasteiger partial charge in [0.1, 0.15) is 11.2 Å². The molecule has 0 bridgehead atoms. The van der Waals surface area contributed by atoms with Crippen LogP contribution in [0.2, 0.25) is 0 Å². The molecule has 1 heterocycles. The zero-order valence-corrected chi connectivity index (χ0v) is 30.5. The van der Waals surface area contributed by atoms with Gasteiger partial charge in [0, 0.05) is 10.8 Å². The molecular weight excluding hydrogens is 677 g/mol. The topological polar surface area (TPSA) is 13.1 Å². The summed E-state index contributed by atoms with van der Waals surface area (Å²) in [5.41, 5.74) is 13.8. The molecule has 0 saturated carbocycles. The predicted octanol–water partition coefficient (Wildman–Crippen LogP) is 14.7. The highest BCUT2D eigenvalue weighted by atomic mass is 16.3. The summed E-state index contributed by atoms with van der Waals surface area (Å²) in [7, 11) is 0. The maximum Gasteiger partial charge on any atom is 0.136 e. The lowest BCUT2D eigenvalue weighted by Gasteiger charge is -2.35. The second-order valence-corrected chi connectivity index (χ2v) is 15.2. The van der Waals surface area contributed by atoms with Gasteiger partial charge in [-0.2, -0.15) is 0 Å². The van der Waals surface area contributed by atoms with E-state index in [2.05, 4.69) is 206 Å². The molecule has 0 fully saturated rings. The average molecular weight is 711 g/mol. The Bertz CT molecular complexity index is 3310. The van der Waals surface area contributed by atoms with E-state index < -0.39 is 5.41 Å². The van der Waals surface area contributed by atoms with E-state index in [-0.39, 0.29) is 0 Å². The van der Waals surface area contributed by atoms with E-state index in [1.807, 2.05) is 0 Å². The first-order valence-corrected chi connectivity index (χ1v) is 19.4. The van der Waals surface area contributed by atoms with Crippen molar-refractivity contribution in [3.8, 4) is 33.4 Å². The summed E-state index contributed by atoms with van der Waals surface area (Å²) in [6.07, 6.45) is 0. The molecule has 0 spiro atoms. The molecule has 0 atom stereocenters. The fourth-order valence-electron chi connectivity index (χ4n) is 9.87. The molecule has 56 heavy (non-hydrogen) atoms. The van der Waals surface area contributed by atoms with E-state index in [1.165, 1.54) is 88.0 Å². The average Bonchev–Trinajstić information content (AvgIpc) is 3.79. The van der Waals surface area contributed by atoms with Gasteiger partial charge in [0.2, 0.25) is 0 Å². The van der Waals surface area contributed by atoms with Crippen molar-refractivity contribution < 1.29 is 4.42 Å².